The van der Waals surface area contributed by atoms with Crippen LogP contribution in [0, 0.1) is 0 Å². The second-order valence-corrected chi connectivity index (χ2v) is 5.93. The van der Waals surface area contributed by atoms with Gasteiger partial charge in [-0.2, -0.15) is 0 Å². The van der Waals surface area contributed by atoms with Crippen LogP contribution in [0.5, 0.6) is 5.75 Å². The second-order valence-electron chi connectivity index (χ2n) is 5.08. The smallest absolute Gasteiger partial charge is 0.265 e. The third-order valence-electron chi connectivity index (χ3n) is 3.04. The first-order valence-corrected chi connectivity index (χ1v) is 7.91. The summed E-state index contributed by atoms with van der Waals surface area (Å²) in [5.74, 6) is -0.105. The van der Waals surface area contributed by atoms with E-state index < -0.39 is 6.10 Å². The molecule has 7 heteroatoms. The molecule has 0 bridgehead atoms. The molecule has 0 radical (unpaired) electrons. The summed E-state index contributed by atoms with van der Waals surface area (Å²) >= 11 is 11.8. The highest BCUT2D eigenvalue weighted by Crippen LogP contribution is 2.28. The van der Waals surface area contributed by atoms with Gasteiger partial charge in [0.25, 0.3) is 5.91 Å². The Bertz CT molecular complexity index is 748. The fourth-order valence-corrected chi connectivity index (χ4v) is 2.35. The van der Waals surface area contributed by atoms with Gasteiger partial charge in [-0.3, -0.25) is 9.59 Å². The fourth-order valence-electron chi connectivity index (χ4n) is 1.90. The number of anilines is 2. The molecule has 2 rings (SSSR count). The third kappa shape index (κ3) is 5.15. The maximum atomic E-state index is 12.2. The Hall–Kier alpha value is -2.24. The molecule has 0 heterocycles. The average molecular weight is 367 g/mol. The Balaban J connectivity index is 1.97. The fraction of sp³-hybridized carbons (Fsp3) is 0.176. The minimum absolute atomic E-state index is 0.159. The molecule has 0 spiro atoms. The topological polar surface area (TPSA) is 67.4 Å². The molecule has 2 amide bonds. The van der Waals surface area contributed by atoms with Gasteiger partial charge in [0.05, 0.1) is 5.02 Å². The molecule has 24 heavy (non-hydrogen) atoms. The van der Waals surface area contributed by atoms with Crippen LogP contribution in [0.25, 0.3) is 0 Å². The van der Waals surface area contributed by atoms with E-state index in [0.29, 0.717) is 27.2 Å². The Morgan fingerprint density at radius 1 is 1.00 bits per heavy atom. The van der Waals surface area contributed by atoms with Gasteiger partial charge in [0.2, 0.25) is 5.91 Å². The first kappa shape index (κ1) is 18.1. The summed E-state index contributed by atoms with van der Waals surface area (Å²) in [6.45, 7) is 3.04. The summed E-state index contributed by atoms with van der Waals surface area (Å²) in [6, 6.07) is 11.5. The molecule has 0 fully saturated rings. The normalized spacial score (nSPS) is 11.5. The van der Waals surface area contributed by atoms with Gasteiger partial charge in [0.15, 0.2) is 6.10 Å². The summed E-state index contributed by atoms with van der Waals surface area (Å²) in [5, 5.41) is 6.20. The summed E-state index contributed by atoms with van der Waals surface area (Å²) < 4.78 is 5.55. The minimum atomic E-state index is -0.751. The number of halogens is 2. The molecule has 0 unspecified atom stereocenters. The van der Waals surface area contributed by atoms with Gasteiger partial charge in [-0.15, -0.1) is 0 Å². The average Bonchev–Trinajstić information content (AvgIpc) is 2.51. The van der Waals surface area contributed by atoms with Crippen molar-refractivity contribution in [1.29, 1.82) is 0 Å². The SMILES string of the molecule is CC(=O)Nc1ccc(NC(=O)[C@H](C)Oc2ccc(Cl)cc2Cl)cc1. The molecule has 2 N–H and O–H groups in total. The minimum Gasteiger partial charge on any atom is -0.479 e. The van der Waals surface area contributed by atoms with Crippen molar-refractivity contribution >= 4 is 46.4 Å². The molecule has 0 aliphatic heterocycles. The molecule has 1 atom stereocenters. The Morgan fingerprint density at radius 3 is 2.12 bits per heavy atom. The first-order chi connectivity index (χ1) is 11.3. The summed E-state index contributed by atoms with van der Waals surface area (Å²) in [6.07, 6.45) is -0.751. The summed E-state index contributed by atoms with van der Waals surface area (Å²) in [5.41, 5.74) is 1.24. The zero-order valence-corrected chi connectivity index (χ0v) is 14.6. The maximum absolute atomic E-state index is 12.2. The highest BCUT2D eigenvalue weighted by atomic mass is 35.5. The number of carbonyl (C=O) groups is 2. The van der Waals surface area contributed by atoms with Crippen molar-refractivity contribution in [3.05, 3.63) is 52.5 Å². The van der Waals surface area contributed by atoms with Crippen LogP contribution in [0.4, 0.5) is 11.4 Å². The number of amides is 2. The van der Waals surface area contributed by atoms with Gasteiger partial charge in [0, 0.05) is 23.3 Å². The van der Waals surface area contributed by atoms with Crippen LogP contribution < -0.4 is 15.4 Å². The lowest BCUT2D eigenvalue weighted by Gasteiger charge is -2.16. The van der Waals surface area contributed by atoms with Crippen LogP contribution in [0.3, 0.4) is 0 Å². The molecule has 0 aliphatic carbocycles. The van der Waals surface area contributed by atoms with Crippen molar-refractivity contribution in [3.63, 3.8) is 0 Å². The van der Waals surface area contributed by atoms with Crippen LogP contribution in [-0.4, -0.2) is 17.9 Å². The van der Waals surface area contributed by atoms with E-state index in [1.54, 1.807) is 49.4 Å². The zero-order valence-electron chi connectivity index (χ0n) is 13.1. The van der Waals surface area contributed by atoms with Crippen molar-refractivity contribution in [3.8, 4) is 5.75 Å². The van der Waals surface area contributed by atoms with E-state index in [1.165, 1.54) is 6.92 Å². The van der Waals surface area contributed by atoms with Gasteiger partial charge in [-0.1, -0.05) is 23.2 Å². The summed E-state index contributed by atoms with van der Waals surface area (Å²) in [7, 11) is 0. The van der Waals surface area contributed by atoms with Gasteiger partial charge in [-0.05, 0) is 49.4 Å². The molecule has 0 aliphatic rings. The van der Waals surface area contributed by atoms with Gasteiger partial charge in [0.1, 0.15) is 5.75 Å². The lowest BCUT2D eigenvalue weighted by Crippen LogP contribution is -2.30. The van der Waals surface area contributed by atoms with Crippen LogP contribution in [-0.2, 0) is 9.59 Å². The van der Waals surface area contributed by atoms with Crippen LogP contribution >= 0.6 is 23.2 Å². The summed E-state index contributed by atoms with van der Waals surface area (Å²) in [4.78, 5) is 23.2. The highest BCUT2D eigenvalue weighted by Gasteiger charge is 2.16. The number of nitrogens with one attached hydrogen (secondary N) is 2. The van der Waals surface area contributed by atoms with Crippen molar-refractivity contribution in [1.82, 2.24) is 0 Å². The van der Waals surface area contributed by atoms with E-state index in [4.69, 9.17) is 27.9 Å². The van der Waals surface area contributed by atoms with Gasteiger partial charge >= 0.3 is 0 Å². The van der Waals surface area contributed by atoms with E-state index in [-0.39, 0.29) is 11.8 Å². The Morgan fingerprint density at radius 2 is 1.58 bits per heavy atom. The van der Waals surface area contributed by atoms with Crippen LogP contribution in [0.15, 0.2) is 42.5 Å². The quantitative estimate of drug-likeness (QED) is 0.825. The van der Waals surface area contributed by atoms with E-state index >= 15 is 0 Å². The monoisotopic (exact) mass is 366 g/mol. The highest BCUT2D eigenvalue weighted by molar-refractivity contribution is 6.35. The van der Waals surface area contributed by atoms with Crippen molar-refractivity contribution in [2.45, 2.75) is 20.0 Å². The number of hydrogen-bond donors (Lipinski definition) is 2. The third-order valence-corrected chi connectivity index (χ3v) is 3.57. The van der Waals surface area contributed by atoms with Crippen LogP contribution in [0.2, 0.25) is 10.0 Å². The standard InChI is InChI=1S/C17H16Cl2N2O3/c1-10(24-16-8-3-12(18)9-15(16)19)17(23)21-14-6-4-13(5-7-14)20-11(2)22/h3-10H,1-2H3,(H,20,22)(H,21,23)/t10-/m0/s1. The predicted molar refractivity (Wildman–Crippen MR) is 95.9 cm³/mol. The zero-order chi connectivity index (χ0) is 17.7. The number of ether oxygens (including phenoxy) is 1. The number of carbonyl (C=O) groups excluding carboxylic acids is 2. The molecule has 5 nitrogen and oxygen atoms in total. The van der Waals surface area contributed by atoms with Crippen molar-refractivity contribution in [2.75, 3.05) is 10.6 Å². The van der Waals surface area contributed by atoms with E-state index in [1.807, 2.05) is 0 Å². The van der Waals surface area contributed by atoms with E-state index in [0.717, 1.165) is 0 Å². The lowest BCUT2D eigenvalue weighted by molar-refractivity contribution is -0.122. The molecule has 0 saturated heterocycles. The van der Waals surface area contributed by atoms with E-state index in [9.17, 15) is 9.59 Å². The van der Waals surface area contributed by atoms with E-state index in [2.05, 4.69) is 10.6 Å². The number of hydrogen-bond acceptors (Lipinski definition) is 3. The Labute approximate surface area is 149 Å². The number of benzene rings is 2. The molecule has 2 aromatic rings. The predicted octanol–water partition coefficient (Wildman–Crippen LogP) is 4.36. The number of rotatable bonds is 5. The van der Waals surface area contributed by atoms with Crippen molar-refractivity contribution in [2.24, 2.45) is 0 Å². The Kier molecular flexibility index (Phi) is 6.06. The second kappa shape index (κ2) is 8.04. The van der Waals surface area contributed by atoms with Gasteiger partial charge in [-0.25, -0.2) is 0 Å². The molecule has 126 valence electrons. The molecule has 0 aromatic heterocycles. The lowest BCUT2D eigenvalue weighted by atomic mass is 10.2. The first-order valence-electron chi connectivity index (χ1n) is 7.15. The van der Waals surface area contributed by atoms with Crippen molar-refractivity contribution < 1.29 is 14.3 Å². The molecular formula is C17H16Cl2N2O3. The maximum Gasteiger partial charge on any atom is 0.265 e. The molecule has 0 saturated carbocycles. The largest absolute Gasteiger partial charge is 0.479 e. The van der Waals surface area contributed by atoms with Gasteiger partial charge < -0.3 is 15.4 Å². The van der Waals surface area contributed by atoms with Crippen LogP contribution in [0.1, 0.15) is 13.8 Å². The molecule has 2 aromatic carbocycles. The molecular weight excluding hydrogens is 351 g/mol.